The van der Waals surface area contributed by atoms with Gasteiger partial charge in [-0.1, -0.05) is 105 Å². The molecule has 2 atom stereocenters. The van der Waals surface area contributed by atoms with Crippen molar-refractivity contribution in [3.8, 4) is 0 Å². The first kappa shape index (κ1) is 46.6. The van der Waals surface area contributed by atoms with E-state index in [-0.39, 0.29) is 44.3 Å². The summed E-state index contributed by atoms with van der Waals surface area (Å²) in [5.41, 5.74) is 1.37. The van der Waals surface area contributed by atoms with Gasteiger partial charge in [0.15, 0.2) is 0 Å². The predicted octanol–water partition coefficient (Wildman–Crippen LogP) is 9.98. The van der Waals surface area contributed by atoms with Crippen molar-refractivity contribution in [2.75, 3.05) is 28.4 Å². The third-order valence-corrected chi connectivity index (χ3v) is 10.8. The van der Waals surface area contributed by atoms with Gasteiger partial charge >= 0.3 is 23.9 Å². The van der Waals surface area contributed by atoms with Gasteiger partial charge in [-0.2, -0.15) is 0 Å². The van der Waals surface area contributed by atoms with E-state index in [1.807, 2.05) is 0 Å². The molecule has 0 saturated heterocycles. The Morgan fingerprint density at radius 2 is 0.750 bits per heavy atom. The number of rotatable bonds is 8. The molecule has 4 aromatic carbocycles. The number of benzene rings is 4. The van der Waals surface area contributed by atoms with E-state index in [1.54, 1.807) is 48.5 Å². The molecule has 60 heavy (non-hydrogen) atoms. The number of aliphatic imine (C=N–C) groups is 2. The normalized spacial score (nSPS) is 15.9. The summed E-state index contributed by atoms with van der Waals surface area (Å²) in [4.78, 5) is 59.5. The van der Waals surface area contributed by atoms with Crippen LogP contribution in [0.3, 0.4) is 0 Å². The summed E-state index contributed by atoms with van der Waals surface area (Å²) >= 11 is 49.4. The lowest BCUT2D eigenvalue weighted by molar-refractivity contribution is -0.139. The van der Waals surface area contributed by atoms with Crippen LogP contribution in [0.4, 0.5) is 0 Å². The molecule has 0 aromatic heterocycles. The number of ether oxygens (including phenoxy) is 4. The molecule has 12 nitrogen and oxygen atoms in total. The number of halogens is 8. The number of nitrogens with one attached hydrogen (secondary N) is 2. The highest BCUT2D eigenvalue weighted by molar-refractivity contribution is 6.38. The highest BCUT2D eigenvalue weighted by atomic mass is 35.5. The molecular formula is C40H28Cl8N4O8. The van der Waals surface area contributed by atoms with Crippen molar-refractivity contribution in [3.05, 3.63) is 158 Å². The Labute approximate surface area is 382 Å². The molecule has 4 aromatic rings. The van der Waals surface area contributed by atoms with Gasteiger partial charge in [0.2, 0.25) is 0 Å². The van der Waals surface area contributed by atoms with E-state index in [0.717, 1.165) is 0 Å². The highest BCUT2D eigenvalue weighted by Gasteiger charge is 2.38. The maximum Gasteiger partial charge on any atom is 0.355 e. The lowest BCUT2D eigenvalue weighted by atomic mass is 9.95. The molecule has 0 fully saturated rings. The van der Waals surface area contributed by atoms with Gasteiger partial charge in [0.1, 0.15) is 35.1 Å². The standard InChI is InChI=1S/2C20H14Cl4N2O4/c2*1-29-19(27)15-16(11-5-3-9(21)7-13(11)23)25-18(26-17(15)20(28)30-2)12-6-4-10(22)8-14(12)24/h2*3-8,16H,1-2H3,(H,25,26)/t2*16-/m10/s1. The minimum Gasteiger partial charge on any atom is -0.466 e. The van der Waals surface area contributed by atoms with Gasteiger partial charge in [0.25, 0.3) is 0 Å². The van der Waals surface area contributed by atoms with Crippen LogP contribution in [0.2, 0.25) is 40.2 Å². The van der Waals surface area contributed by atoms with Crippen LogP contribution in [0, 0.1) is 0 Å². The van der Waals surface area contributed by atoms with Crippen molar-refractivity contribution in [3.63, 3.8) is 0 Å². The van der Waals surface area contributed by atoms with E-state index in [9.17, 15) is 19.2 Å². The van der Waals surface area contributed by atoms with Gasteiger partial charge in [-0.05, 0) is 60.7 Å². The van der Waals surface area contributed by atoms with Crippen LogP contribution in [0.1, 0.15) is 34.3 Å². The molecule has 2 heterocycles. The number of carbonyl (C=O) groups excluding carboxylic acids is 4. The van der Waals surface area contributed by atoms with E-state index in [0.29, 0.717) is 52.4 Å². The molecule has 0 spiro atoms. The molecule has 2 aliphatic heterocycles. The van der Waals surface area contributed by atoms with E-state index < -0.39 is 36.0 Å². The summed E-state index contributed by atoms with van der Waals surface area (Å²) in [6, 6.07) is 17.0. The monoisotopic (exact) mass is 972 g/mol. The first-order valence-corrected chi connectivity index (χ1v) is 19.9. The van der Waals surface area contributed by atoms with E-state index in [2.05, 4.69) is 20.6 Å². The summed E-state index contributed by atoms with van der Waals surface area (Å²) in [6.07, 6.45) is 0. The summed E-state index contributed by atoms with van der Waals surface area (Å²) in [5.74, 6) is -2.68. The molecular weight excluding hydrogens is 948 g/mol. The maximum absolute atomic E-state index is 12.6. The van der Waals surface area contributed by atoms with Crippen LogP contribution < -0.4 is 10.6 Å². The second-order valence-electron chi connectivity index (χ2n) is 12.1. The first-order chi connectivity index (χ1) is 28.5. The number of nitrogens with zero attached hydrogens (tertiary/aromatic N) is 2. The number of carbonyl (C=O) groups is 4. The topological polar surface area (TPSA) is 154 Å². The largest absolute Gasteiger partial charge is 0.466 e. The van der Waals surface area contributed by atoms with E-state index in [4.69, 9.17) is 112 Å². The highest BCUT2D eigenvalue weighted by Crippen LogP contribution is 2.40. The molecule has 0 amide bonds. The average molecular weight is 976 g/mol. The van der Waals surface area contributed by atoms with Crippen molar-refractivity contribution in [2.24, 2.45) is 9.98 Å². The predicted molar refractivity (Wildman–Crippen MR) is 233 cm³/mol. The third-order valence-electron chi connectivity index (χ3n) is 8.57. The minimum atomic E-state index is -0.987. The molecule has 0 bridgehead atoms. The Bertz CT molecular complexity index is 2370. The van der Waals surface area contributed by atoms with Gasteiger partial charge in [0.05, 0.1) is 49.6 Å². The fraction of sp³-hybridized carbons (Fsp3) is 0.150. The molecule has 20 heteroatoms. The number of hydrogen-bond donors (Lipinski definition) is 2. The van der Waals surface area contributed by atoms with Crippen LogP contribution >= 0.6 is 92.8 Å². The Hall–Kier alpha value is -4.50. The van der Waals surface area contributed by atoms with Crippen LogP contribution in [-0.4, -0.2) is 64.0 Å². The number of hydrogen-bond acceptors (Lipinski definition) is 12. The average Bonchev–Trinajstić information content (AvgIpc) is 3.22. The fourth-order valence-electron chi connectivity index (χ4n) is 5.80. The van der Waals surface area contributed by atoms with Gasteiger partial charge < -0.3 is 29.6 Å². The van der Waals surface area contributed by atoms with Crippen molar-refractivity contribution in [2.45, 2.75) is 12.1 Å². The van der Waals surface area contributed by atoms with Crippen LogP contribution in [0.15, 0.2) is 105 Å². The van der Waals surface area contributed by atoms with E-state index in [1.165, 1.54) is 52.7 Å². The van der Waals surface area contributed by atoms with Crippen molar-refractivity contribution in [1.29, 1.82) is 0 Å². The minimum absolute atomic E-state index is 0.0672. The second kappa shape index (κ2) is 20.4. The molecule has 0 radical (unpaired) electrons. The maximum atomic E-state index is 12.6. The van der Waals surface area contributed by atoms with Crippen molar-refractivity contribution >= 4 is 128 Å². The van der Waals surface area contributed by atoms with Crippen molar-refractivity contribution < 1.29 is 38.1 Å². The van der Waals surface area contributed by atoms with Crippen LogP contribution in [0.25, 0.3) is 0 Å². The number of amidine groups is 2. The van der Waals surface area contributed by atoms with Gasteiger partial charge in [0, 0.05) is 52.4 Å². The lowest BCUT2D eigenvalue weighted by Crippen LogP contribution is -2.37. The zero-order valence-corrected chi connectivity index (χ0v) is 37.3. The molecule has 2 N–H and O–H groups in total. The summed E-state index contributed by atoms with van der Waals surface area (Å²) in [6.45, 7) is 0. The van der Waals surface area contributed by atoms with Crippen LogP contribution in [0.5, 0.6) is 0 Å². The van der Waals surface area contributed by atoms with Crippen LogP contribution in [-0.2, 0) is 38.1 Å². The third kappa shape index (κ3) is 10.3. The van der Waals surface area contributed by atoms with E-state index >= 15 is 0 Å². The molecule has 312 valence electrons. The number of esters is 4. The Morgan fingerprint density at radius 1 is 0.450 bits per heavy atom. The smallest absolute Gasteiger partial charge is 0.355 e. The number of methoxy groups -OCH3 is 4. The molecule has 0 unspecified atom stereocenters. The first-order valence-electron chi connectivity index (χ1n) is 16.8. The quantitative estimate of drug-likeness (QED) is 0.129. The lowest BCUT2D eigenvalue weighted by Gasteiger charge is -2.27. The summed E-state index contributed by atoms with van der Waals surface area (Å²) in [7, 11) is 4.77. The summed E-state index contributed by atoms with van der Waals surface area (Å²) in [5, 5.41) is 8.42. The molecule has 2 aliphatic rings. The SMILES string of the molecule is COC(=O)C1=C(C(=O)OC)[C@@H](c2ccc(Cl)cc2Cl)N=C(c2ccc(Cl)cc2Cl)N1.COC(=O)C1=C(C(=O)OC)[C@H](c2ccc(Cl)cc2Cl)N=C(c2ccc(Cl)cc2Cl)N1. The van der Waals surface area contributed by atoms with Gasteiger partial charge in [-0.25, -0.2) is 19.2 Å². The Kier molecular flexibility index (Phi) is 15.8. The van der Waals surface area contributed by atoms with Crippen molar-refractivity contribution in [1.82, 2.24) is 10.6 Å². The van der Waals surface area contributed by atoms with Gasteiger partial charge in [-0.15, -0.1) is 0 Å². The molecule has 6 rings (SSSR count). The zero-order chi connectivity index (χ0) is 44.0. The Balaban J connectivity index is 0.000000228. The Morgan fingerprint density at radius 3 is 1.03 bits per heavy atom. The molecule has 0 aliphatic carbocycles. The molecule has 0 saturated carbocycles. The fourth-order valence-corrected chi connectivity index (χ4v) is 7.82. The zero-order valence-electron chi connectivity index (χ0n) is 31.3. The summed E-state index contributed by atoms with van der Waals surface area (Å²) < 4.78 is 19.5. The second-order valence-corrected chi connectivity index (χ2v) is 15.5. The van der Waals surface area contributed by atoms with Gasteiger partial charge in [-0.3, -0.25) is 9.98 Å².